The van der Waals surface area contributed by atoms with Crippen LogP contribution in [0.1, 0.15) is 5.56 Å². The number of nitrogens with one attached hydrogen (secondary N) is 2. The minimum Gasteiger partial charge on any atom is -0.378 e. The van der Waals surface area contributed by atoms with Crippen LogP contribution >= 0.6 is 0 Å². The van der Waals surface area contributed by atoms with Gasteiger partial charge in [0, 0.05) is 18.8 Å². The van der Waals surface area contributed by atoms with E-state index in [2.05, 4.69) is 14.9 Å². The maximum Gasteiger partial charge on any atom is 0.261 e. The lowest BCUT2D eigenvalue weighted by molar-refractivity contribution is -0.115. The Kier molecular flexibility index (Phi) is 6.90. The summed E-state index contributed by atoms with van der Waals surface area (Å²) in [6, 6.07) is 18.8. The van der Waals surface area contributed by atoms with Crippen LogP contribution in [-0.2, 0) is 26.0 Å². The second kappa shape index (κ2) is 10.0. The number of hydrogen-bond acceptors (Lipinski definition) is 5. The Morgan fingerprint density at radius 3 is 2.30 bits per heavy atom. The minimum atomic E-state index is -3.83. The zero-order valence-electron chi connectivity index (χ0n) is 17.8. The molecule has 0 spiro atoms. The van der Waals surface area contributed by atoms with E-state index in [-0.39, 0.29) is 17.2 Å². The van der Waals surface area contributed by atoms with E-state index in [9.17, 15) is 17.6 Å². The van der Waals surface area contributed by atoms with Crippen molar-refractivity contribution in [2.75, 3.05) is 41.2 Å². The predicted octanol–water partition coefficient (Wildman–Crippen LogP) is 3.64. The van der Waals surface area contributed by atoms with Gasteiger partial charge in [-0.2, -0.15) is 0 Å². The Bertz CT molecular complexity index is 1210. The van der Waals surface area contributed by atoms with Gasteiger partial charge in [0.1, 0.15) is 5.82 Å². The molecule has 172 valence electrons. The molecule has 1 fully saturated rings. The molecule has 1 aliphatic heterocycles. The third-order valence-corrected chi connectivity index (χ3v) is 6.62. The van der Waals surface area contributed by atoms with E-state index < -0.39 is 15.8 Å². The van der Waals surface area contributed by atoms with Crippen LogP contribution in [0, 0.1) is 5.82 Å². The summed E-state index contributed by atoms with van der Waals surface area (Å²) < 4.78 is 45.8. The average Bonchev–Trinajstić information content (AvgIpc) is 2.81. The number of halogens is 1. The second-order valence-electron chi connectivity index (χ2n) is 7.60. The van der Waals surface area contributed by atoms with Crippen molar-refractivity contribution in [3.8, 4) is 0 Å². The van der Waals surface area contributed by atoms with Crippen molar-refractivity contribution in [1.82, 2.24) is 0 Å². The molecule has 0 bridgehead atoms. The molecule has 7 nitrogen and oxygen atoms in total. The topological polar surface area (TPSA) is 87.7 Å². The molecule has 0 aliphatic carbocycles. The summed E-state index contributed by atoms with van der Waals surface area (Å²) in [4.78, 5) is 14.8. The van der Waals surface area contributed by atoms with Gasteiger partial charge in [-0.15, -0.1) is 0 Å². The SMILES string of the molecule is O=C(Cc1ccc(NS(=O)(=O)c2ccc(F)cc2)cc1)Nc1ccccc1N1CCOCC1. The molecule has 3 aromatic rings. The molecular formula is C24H24FN3O4S. The summed E-state index contributed by atoms with van der Waals surface area (Å²) in [5, 5.41) is 2.97. The van der Waals surface area contributed by atoms with Gasteiger partial charge in [-0.25, -0.2) is 12.8 Å². The highest BCUT2D eigenvalue weighted by molar-refractivity contribution is 7.92. The van der Waals surface area contributed by atoms with Crippen LogP contribution in [0.4, 0.5) is 21.5 Å². The Labute approximate surface area is 192 Å². The van der Waals surface area contributed by atoms with Gasteiger partial charge in [0.2, 0.25) is 5.91 Å². The molecule has 4 rings (SSSR count). The van der Waals surface area contributed by atoms with Gasteiger partial charge in [-0.1, -0.05) is 24.3 Å². The van der Waals surface area contributed by atoms with Crippen LogP contribution in [-0.4, -0.2) is 40.6 Å². The van der Waals surface area contributed by atoms with Crippen molar-refractivity contribution in [2.45, 2.75) is 11.3 Å². The predicted molar refractivity (Wildman–Crippen MR) is 125 cm³/mol. The van der Waals surface area contributed by atoms with E-state index in [1.54, 1.807) is 24.3 Å². The first-order chi connectivity index (χ1) is 15.9. The number of morpholine rings is 1. The summed E-state index contributed by atoms with van der Waals surface area (Å²) in [6.07, 6.45) is 0.141. The molecule has 0 atom stereocenters. The van der Waals surface area contributed by atoms with E-state index in [1.807, 2.05) is 24.3 Å². The standard InChI is InChI=1S/C24H24FN3O4S/c25-19-7-11-21(12-8-19)33(30,31)27-20-9-5-18(6-10-20)17-24(29)26-22-3-1-2-4-23(22)28-13-15-32-16-14-28/h1-12,27H,13-17H2,(H,26,29). The highest BCUT2D eigenvalue weighted by Crippen LogP contribution is 2.26. The zero-order chi connectivity index (χ0) is 23.3. The number of benzene rings is 3. The lowest BCUT2D eigenvalue weighted by Crippen LogP contribution is -2.36. The van der Waals surface area contributed by atoms with Gasteiger partial charge in [-0.05, 0) is 54.1 Å². The smallest absolute Gasteiger partial charge is 0.261 e. The van der Waals surface area contributed by atoms with Gasteiger partial charge in [0.15, 0.2) is 0 Å². The number of nitrogens with zero attached hydrogens (tertiary/aromatic N) is 1. The fourth-order valence-electron chi connectivity index (χ4n) is 3.56. The number of carbonyl (C=O) groups is 1. The van der Waals surface area contributed by atoms with Crippen molar-refractivity contribution in [1.29, 1.82) is 0 Å². The number of anilines is 3. The molecule has 0 saturated carbocycles. The molecule has 3 aromatic carbocycles. The number of ether oxygens (including phenoxy) is 1. The third kappa shape index (κ3) is 5.88. The normalized spacial score (nSPS) is 14.0. The molecule has 0 radical (unpaired) electrons. The molecule has 33 heavy (non-hydrogen) atoms. The van der Waals surface area contributed by atoms with Crippen molar-refractivity contribution in [2.24, 2.45) is 0 Å². The number of para-hydroxylation sites is 2. The van der Waals surface area contributed by atoms with E-state index in [4.69, 9.17) is 4.74 Å². The molecule has 1 aliphatic rings. The van der Waals surface area contributed by atoms with E-state index in [0.29, 0.717) is 18.9 Å². The van der Waals surface area contributed by atoms with Crippen LogP contribution in [0.2, 0.25) is 0 Å². The van der Waals surface area contributed by atoms with Crippen LogP contribution in [0.5, 0.6) is 0 Å². The lowest BCUT2D eigenvalue weighted by Gasteiger charge is -2.30. The molecule has 1 heterocycles. The number of sulfonamides is 1. The first-order valence-electron chi connectivity index (χ1n) is 10.5. The zero-order valence-corrected chi connectivity index (χ0v) is 18.6. The van der Waals surface area contributed by atoms with E-state index in [0.717, 1.165) is 42.2 Å². The van der Waals surface area contributed by atoms with Gasteiger partial charge in [0.25, 0.3) is 10.0 Å². The number of rotatable bonds is 7. The number of amides is 1. The molecule has 9 heteroatoms. The molecule has 2 N–H and O–H groups in total. The van der Waals surface area contributed by atoms with Gasteiger partial charge < -0.3 is 15.0 Å². The minimum absolute atomic E-state index is 0.0358. The Balaban J connectivity index is 1.38. The Morgan fingerprint density at radius 2 is 1.61 bits per heavy atom. The summed E-state index contributed by atoms with van der Waals surface area (Å²) >= 11 is 0. The van der Waals surface area contributed by atoms with Crippen molar-refractivity contribution in [3.05, 3.63) is 84.2 Å². The van der Waals surface area contributed by atoms with Crippen molar-refractivity contribution < 1.29 is 22.3 Å². The highest BCUT2D eigenvalue weighted by Gasteiger charge is 2.17. The Morgan fingerprint density at radius 1 is 0.939 bits per heavy atom. The van der Waals surface area contributed by atoms with E-state index in [1.165, 1.54) is 12.1 Å². The van der Waals surface area contributed by atoms with Crippen LogP contribution < -0.4 is 14.9 Å². The maximum absolute atomic E-state index is 13.0. The maximum atomic E-state index is 13.0. The third-order valence-electron chi connectivity index (χ3n) is 5.22. The molecular weight excluding hydrogens is 445 g/mol. The van der Waals surface area contributed by atoms with Gasteiger partial charge >= 0.3 is 0 Å². The fourth-order valence-corrected chi connectivity index (χ4v) is 4.62. The molecule has 1 amide bonds. The van der Waals surface area contributed by atoms with Crippen molar-refractivity contribution >= 4 is 33.0 Å². The highest BCUT2D eigenvalue weighted by atomic mass is 32.2. The molecule has 0 aromatic heterocycles. The summed E-state index contributed by atoms with van der Waals surface area (Å²) in [5.74, 6) is -0.681. The van der Waals surface area contributed by atoms with Crippen LogP contribution in [0.3, 0.4) is 0 Å². The Hall–Kier alpha value is -3.43. The van der Waals surface area contributed by atoms with E-state index >= 15 is 0 Å². The van der Waals surface area contributed by atoms with Gasteiger partial charge in [-0.3, -0.25) is 9.52 Å². The first-order valence-corrected chi connectivity index (χ1v) is 12.0. The summed E-state index contributed by atoms with van der Waals surface area (Å²) in [6.45, 7) is 2.84. The van der Waals surface area contributed by atoms with Crippen LogP contribution in [0.15, 0.2) is 77.7 Å². The number of hydrogen-bond donors (Lipinski definition) is 2. The van der Waals surface area contributed by atoms with Gasteiger partial charge in [0.05, 0.1) is 35.9 Å². The molecule has 0 unspecified atom stereocenters. The second-order valence-corrected chi connectivity index (χ2v) is 9.28. The fraction of sp³-hybridized carbons (Fsp3) is 0.208. The monoisotopic (exact) mass is 469 g/mol. The molecule has 1 saturated heterocycles. The first kappa shape index (κ1) is 22.8. The van der Waals surface area contributed by atoms with Crippen molar-refractivity contribution in [3.63, 3.8) is 0 Å². The largest absolute Gasteiger partial charge is 0.378 e. The summed E-state index contributed by atoms with van der Waals surface area (Å²) in [7, 11) is -3.83. The quantitative estimate of drug-likeness (QED) is 0.552. The summed E-state index contributed by atoms with van der Waals surface area (Å²) in [5.41, 5.74) is 2.79. The van der Waals surface area contributed by atoms with Crippen LogP contribution in [0.25, 0.3) is 0 Å². The average molecular weight is 470 g/mol. The lowest BCUT2D eigenvalue weighted by atomic mass is 10.1. The number of carbonyl (C=O) groups excluding carboxylic acids is 1.